The lowest BCUT2D eigenvalue weighted by atomic mass is 10.0. The summed E-state index contributed by atoms with van der Waals surface area (Å²) in [5.41, 5.74) is 0. The highest BCUT2D eigenvalue weighted by atomic mass is 32.2. The van der Waals surface area contributed by atoms with E-state index in [1.54, 1.807) is 0 Å². The molecule has 1 saturated heterocycles. The minimum absolute atomic E-state index is 0.280. The third-order valence-electron chi connectivity index (χ3n) is 2.67. The average molecular weight is 217 g/mol. The van der Waals surface area contributed by atoms with E-state index in [-0.39, 0.29) is 6.61 Å². The Morgan fingerprint density at radius 1 is 1.36 bits per heavy atom. The fourth-order valence-electron chi connectivity index (χ4n) is 1.96. The number of hydrogen-bond acceptors (Lipinski definition) is 3. The van der Waals surface area contributed by atoms with E-state index >= 15 is 0 Å². The molecule has 14 heavy (non-hydrogen) atoms. The first-order valence-corrected chi connectivity index (χ1v) is 6.82. The van der Waals surface area contributed by atoms with Gasteiger partial charge in [-0.05, 0) is 36.7 Å². The SMILES string of the molecule is CC(C)C[C@H](CO)NC1CCSCC1. The van der Waals surface area contributed by atoms with E-state index < -0.39 is 0 Å². The van der Waals surface area contributed by atoms with Crippen molar-refractivity contribution in [1.82, 2.24) is 5.32 Å². The van der Waals surface area contributed by atoms with Crippen LogP contribution in [-0.4, -0.2) is 35.3 Å². The molecule has 1 aliphatic heterocycles. The lowest BCUT2D eigenvalue weighted by Crippen LogP contribution is -2.43. The predicted molar refractivity (Wildman–Crippen MR) is 63.8 cm³/mol. The van der Waals surface area contributed by atoms with Gasteiger partial charge < -0.3 is 10.4 Å². The summed E-state index contributed by atoms with van der Waals surface area (Å²) < 4.78 is 0. The number of nitrogens with one attached hydrogen (secondary N) is 1. The summed E-state index contributed by atoms with van der Waals surface area (Å²) in [6.07, 6.45) is 3.61. The molecule has 1 fully saturated rings. The molecule has 0 aromatic rings. The summed E-state index contributed by atoms with van der Waals surface area (Å²) in [4.78, 5) is 0. The fraction of sp³-hybridized carbons (Fsp3) is 1.00. The molecule has 3 heteroatoms. The molecule has 0 radical (unpaired) electrons. The quantitative estimate of drug-likeness (QED) is 0.737. The van der Waals surface area contributed by atoms with Gasteiger partial charge in [0.25, 0.3) is 0 Å². The molecule has 0 bridgehead atoms. The molecular formula is C11H23NOS. The molecule has 1 rings (SSSR count). The van der Waals surface area contributed by atoms with Crippen LogP contribution in [0.15, 0.2) is 0 Å². The van der Waals surface area contributed by atoms with Crippen LogP contribution in [0.2, 0.25) is 0 Å². The largest absolute Gasteiger partial charge is 0.395 e. The highest BCUT2D eigenvalue weighted by molar-refractivity contribution is 7.99. The maximum Gasteiger partial charge on any atom is 0.0584 e. The van der Waals surface area contributed by atoms with Crippen LogP contribution < -0.4 is 5.32 Å². The average Bonchev–Trinajstić information content (AvgIpc) is 2.17. The third-order valence-corrected chi connectivity index (χ3v) is 3.72. The molecule has 1 aliphatic rings. The minimum atomic E-state index is 0.280. The maximum absolute atomic E-state index is 9.24. The molecule has 2 N–H and O–H groups in total. The van der Waals surface area contributed by atoms with Gasteiger partial charge in [-0.2, -0.15) is 11.8 Å². The van der Waals surface area contributed by atoms with E-state index in [2.05, 4.69) is 19.2 Å². The number of aliphatic hydroxyl groups is 1. The normalized spacial score (nSPS) is 21.4. The zero-order chi connectivity index (χ0) is 10.4. The van der Waals surface area contributed by atoms with Gasteiger partial charge in [0.1, 0.15) is 0 Å². The van der Waals surface area contributed by atoms with E-state index in [0.717, 1.165) is 6.42 Å². The number of rotatable bonds is 5. The Labute approximate surface area is 91.9 Å². The van der Waals surface area contributed by atoms with Gasteiger partial charge in [-0.3, -0.25) is 0 Å². The Bertz CT molecular complexity index is 146. The van der Waals surface area contributed by atoms with E-state index in [4.69, 9.17) is 0 Å². The molecule has 0 amide bonds. The maximum atomic E-state index is 9.24. The highest BCUT2D eigenvalue weighted by Gasteiger charge is 2.18. The van der Waals surface area contributed by atoms with Crippen molar-refractivity contribution in [3.05, 3.63) is 0 Å². The van der Waals surface area contributed by atoms with Crippen molar-refractivity contribution in [3.63, 3.8) is 0 Å². The number of aliphatic hydroxyl groups excluding tert-OH is 1. The molecular weight excluding hydrogens is 194 g/mol. The van der Waals surface area contributed by atoms with E-state index in [9.17, 15) is 5.11 Å². The van der Waals surface area contributed by atoms with Gasteiger partial charge in [-0.1, -0.05) is 13.8 Å². The van der Waals surface area contributed by atoms with Gasteiger partial charge in [-0.15, -0.1) is 0 Å². The Morgan fingerprint density at radius 2 is 2.00 bits per heavy atom. The van der Waals surface area contributed by atoms with E-state index in [1.807, 2.05) is 11.8 Å². The van der Waals surface area contributed by atoms with Crippen molar-refractivity contribution in [2.75, 3.05) is 18.1 Å². The van der Waals surface area contributed by atoms with E-state index in [1.165, 1.54) is 24.3 Å². The molecule has 0 spiro atoms. The van der Waals surface area contributed by atoms with Crippen molar-refractivity contribution >= 4 is 11.8 Å². The van der Waals surface area contributed by atoms with Crippen LogP contribution in [0.1, 0.15) is 33.1 Å². The molecule has 2 nitrogen and oxygen atoms in total. The van der Waals surface area contributed by atoms with Crippen LogP contribution in [0, 0.1) is 5.92 Å². The van der Waals surface area contributed by atoms with Crippen molar-refractivity contribution in [1.29, 1.82) is 0 Å². The first kappa shape index (κ1) is 12.3. The summed E-state index contributed by atoms with van der Waals surface area (Å²) in [6.45, 7) is 4.70. The Hall–Kier alpha value is 0.270. The summed E-state index contributed by atoms with van der Waals surface area (Å²) in [5, 5.41) is 12.8. The standard InChI is InChI=1S/C11H23NOS/c1-9(2)7-11(8-13)12-10-3-5-14-6-4-10/h9-13H,3-8H2,1-2H3/t11-/m1/s1. The summed E-state index contributed by atoms with van der Waals surface area (Å²) in [5.74, 6) is 3.22. The molecule has 0 unspecified atom stereocenters. The first-order chi connectivity index (χ1) is 6.72. The summed E-state index contributed by atoms with van der Waals surface area (Å²) in [6, 6.07) is 0.954. The van der Waals surface area contributed by atoms with Crippen LogP contribution in [0.5, 0.6) is 0 Å². The van der Waals surface area contributed by atoms with Gasteiger partial charge in [0, 0.05) is 12.1 Å². The number of thioether (sulfide) groups is 1. The summed E-state index contributed by atoms with van der Waals surface area (Å²) in [7, 11) is 0. The van der Waals surface area contributed by atoms with Gasteiger partial charge in [-0.25, -0.2) is 0 Å². The topological polar surface area (TPSA) is 32.3 Å². The lowest BCUT2D eigenvalue weighted by molar-refractivity contribution is 0.210. The van der Waals surface area contributed by atoms with Crippen molar-refractivity contribution in [2.45, 2.75) is 45.2 Å². The zero-order valence-electron chi connectivity index (χ0n) is 9.33. The monoisotopic (exact) mass is 217 g/mol. The second kappa shape index (κ2) is 6.70. The Balaban J connectivity index is 2.23. The number of hydrogen-bond donors (Lipinski definition) is 2. The summed E-state index contributed by atoms with van der Waals surface area (Å²) >= 11 is 2.04. The molecule has 0 aromatic carbocycles. The van der Waals surface area contributed by atoms with Crippen LogP contribution >= 0.6 is 11.8 Å². The second-order valence-corrected chi connectivity index (χ2v) is 5.79. The second-order valence-electron chi connectivity index (χ2n) is 4.56. The van der Waals surface area contributed by atoms with Crippen molar-refractivity contribution in [3.8, 4) is 0 Å². The first-order valence-electron chi connectivity index (χ1n) is 5.67. The van der Waals surface area contributed by atoms with Crippen LogP contribution in [0.25, 0.3) is 0 Å². The molecule has 1 atom stereocenters. The lowest BCUT2D eigenvalue weighted by Gasteiger charge is -2.28. The van der Waals surface area contributed by atoms with E-state index in [0.29, 0.717) is 18.0 Å². The van der Waals surface area contributed by atoms with Crippen molar-refractivity contribution in [2.24, 2.45) is 5.92 Å². The molecule has 0 aliphatic carbocycles. The molecule has 84 valence electrons. The smallest absolute Gasteiger partial charge is 0.0584 e. The Kier molecular flexibility index (Phi) is 5.90. The van der Waals surface area contributed by atoms with Gasteiger partial charge in [0.2, 0.25) is 0 Å². The van der Waals surface area contributed by atoms with Crippen LogP contribution in [0.4, 0.5) is 0 Å². The molecule has 0 saturated carbocycles. The van der Waals surface area contributed by atoms with Crippen LogP contribution in [-0.2, 0) is 0 Å². The van der Waals surface area contributed by atoms with Gasteiger partial charge in [0.05, 0.1) is 6.61 Å². The Morgan fingerprint density at radius 3 is 2.50 bits per heavy atom. The van der Waals surface area contributed by atoms with Crippen molar-refractivity contribution < 1.29 is 5.11 Å². The fourth-order valence-corrected chi connectivity index (χ4v) is 3.07. The highest BCUT2D eigenvalue weighted by Crippen LogP contribution is 2.18. The zero-order valence-corrected chi connectivity index (χ0v) is 10.1. The van der Waals surface area contributed by atoms with Gasteiger partial charge in [0.15, 0.2) is 0 Å². The van der Waals surface area contributed by atoms with Gasteiger partial charge >= 0.3 is 0 Å². The van der Waals surface area contributed by atoms with Crippen LogP contribution in [0.3, 0.4) is 0 Å². The third kappa shape index (κ3) is 4.67. The molecule has 0 aromatic heterocycles. The minimum Gasteiger partial charge on any atom is -0.395 e. The molecule has 1 heterocycles. The predicted octanol–water partition coefficient (Wildman–Crippen LogP) is 1.88.